The SMILES string of the molecule is CCOc1cc(C=NNC(=O)OC)ccc1OCCCOc1cc(C)cc(C)c1. The van der Waals surface area contributed by atoms with Crippen molar-refractivity contribution in [3.05, 3.63) is 53.1 Å². The monoisotopic (exact) mass is 400 g/mol. The van der Waals surface area contributed by atoms with Crippen molar-refractivity contribution in [3.8, 4) is 17.2 Å². The van der Waals surface area contributed by atoms with Crippen LogP contribution in [-0.4, -0.2) is 39.2 Å². The smallest absolute Gasteiger partial charge is 0.427 e. The number of aryl methyl sites for hydroxylation is 2. The minimum Gasteiger partial charge on any atom is -0.493 e. The third-order valence-electron chi connectivity index (χ3n) is 3.83. The number of hydrazone groups is 1. The molecule has 0 saturated carbocycles. The first-order valence-corrected chi connectivity index (χ1v) is 9.49. The van der Waals surface area contributed by atoms with Gasteiger partial charge in [0, 0.05) is 6.42 Å². The lowest BCUT2D eigenvalue weighted by Gasteiger charge is -2.13. The van der Waals surface area contributed by atoms with Crippen LogP contribution in [0.15, 0.2) is 41.5 Å². The van der Waals surface area contributed by atoms with Crippen molar-refractivity contribution < 1.29 is 23.7 Å². The van der Waals surface area contributed by atoms with Gasteiger partial charge in [-0.15, -0.1) is 0 Å². The summed E-state index contributed by atoms with van der Waals surface area (Å²) in [6, 6.07) is 11.6. The summed E-state index contributed by atoms with van der Waals surface area (Å²) in [4.78, 5) is 11.0. The van der Waals surface area contributed by atoms with Gasteiger partial charge in [-0.1, -0.05) is 6.07 Å². The fraction of sp³-hybridized carbons (Fsp3) is 0.364. The van der Waals surface area contributed by atoms with Crippen LogP contribution in [0.1, 0.15) is 30.0 Å². The summed E-state index contributed by atoms with van der Waals surface area (Å²) in [5.41, 5.74) is 5.36. The van der Waals surface area contributed by atoms with Crippen molar-refractivity contribution in [3.63, 3.8) is 0 Å². The van der Waals surface area contributed by atoms with Gasteiger partial charge in [0.1, 0.15) is 5.75 Å². The van der Waals surface area contributed by atoms with Crippen LogP contribution < -0.4 is 19.6 Å². The number of hydrogen-bond donors (Lipinski definition) is 1. The maximum Gasteiger partial charge on any atom is 0.427 e. The Morgan fingerprint density at radius 2 is 1.72 bits per heavy atom. The molecule has 0 unspecified atom stereocenters. The Bertz CT molecular complexity index is 816. The molecular weight excluding hydrogens is 372 g/mol. The lowest BCUT2D eigenvalue weighted by Crippen LogP contribution is -2.16. The molecule has 0 heterocycles. The Labute approximate surface area is 171 Å². The molecule has 0 aliphatic rings. The molecule has 0 aromatic heterocycles. The van der Waals surface area contributed by atoms with Crippen LogP contribution >= 0.6 is 0 Å². The fourth-order valence-electron chi connectivity index (χ4n) is 2.64. The molecule has 2 rings (SSSR count). The van der Waals surface area contributed by atoms with E-state index in [4.69, 9.17) is 14.2 Å². The first-order valence-electron chi connectivity index (χ1n) is 9.49. The van der Waals surface area contributed by atoms with Crippen LogP contribution in [0.5, 0.6) is 17.2 Å². The van der Waals surface area contributed by atoms with Gasteiger partial charge >= 0.3 is 6.09 Å². The summed E-state index contributed by atoms with van der Waals surface area (Å²) < 4.78 is 21.8. The van der Waals surface area contributed by atoms with Gasteiger partial charge in [0.25, 0.3) is 0 Å². The molecule has 0 spiro atoms. The molecule has 0 aliphatic carbocycles. The number of methoxy groups -OCH3 is 1. The van der Waals surface area contributed by atoms with Gasteiger partial charge in [-0.2, -0.15) is 5.10 Å². The molecule has 0 aliphatic heterocycles. The molecule has 2 aromatic rings. The summed E-state index contributed by atoms with van der Waals surface area (Å²) in [5.74, 6) is 2.14. The zero-order valence-corrected chi connectivity index (χ0v) is 17.4. The van der Waals surface area contributed by atoms with E-state index in [0.29, 0.717) is 31.3 Å². The predicted octanol–water partition coefficient (Wildman–Crippen LogP) is 4.24. The molecule has 0 radical (unpaired) electrons. The molecule has 156 valence electrons. The van der Waals surface area contributed by atoms with Gasteiger partial charge < -0.3 is 18.9 Å². The number of nitrogens with one attached hydrogen (secondary N) is 1. The van der Waals surface area contributed by atoms with Crippen LogP contribution in [0, 0.1) is 13.8 Å². The van der Waals surface area contributed by atoms with E-state index in [2.05, 4.69) is 35.2 Å². The number of rotatable bonds is 10. The lowest BCUT2D eigenvalue weighted by molar-refractivity contribution is 0.171. The number of benzene rings is 2. The van der Waals surface area contributed by atoms with Gasteiger partial charge in [0.15, 0.2) is 11.5 Å². The van der Waals surface area contributed by atoms with E-state index in [9.17, 15) is 4.79 Å². The van der Waals surface area contributed by atoms with Crippen molar-refractivity contribution >= 4 is 12.3 Å². The number of hydrogen-bond acceptors (Lipinski definition) is 6. The number of ether oxygens (including phenoxy) is 4. The third-order valence-corrected chi connectivity index (χ3v) is 3.83. The highest BCUT2D eigenvalue weighted by molar-refractivity contribution is 5.82. The molecule has 2 aromatic carbocycles. The molecular formula is C22H28N2O5. The topological polar surface area (TPSA) is 78.4 Å². The van der Waals surface area contributed by atoms with E-state index >= 15 is 0 Å². The normalized spacial score (nSPS) is 10.6. The third kappa shape index (κ3) is 7.73. The predicted molar refractivity (Wildman–Crippen MR) is 112 cm³/mol. The minimum absolute atomic E-state index is 0.502. The van der Waals surface area contributed by atoms with Crippen LogP contribution in [0.25, 0.3) is 0 Å². The zero-order valence-electron chi connectivity index (χ0n) is 17.4. The lowest BCUT2D eigenvalue weighted by atomic mass is 10.1. The first kappa shape index (κ1) is 22.1. The Morgan fingerprint density at radius 3 is 2.41 bits per heavy atom. The minimum atomic E-state index is -0.630. The van der Waals surface area contributed by atoms with Gasteiger partial charge in [-0.25, -0.2) is 10.2 Å². The highest BCUT2D eigenvalue weighted by Crippen LogP contribution is 2.28. The summed E-state index contributed by atoms with van der Waals surface area (Å²) >= 11 is 0. The highest BCUT2D eigenvalue weighted by atomic mass is 16.5. The van der Waals surface area contributed by atoms with E-state index in [1.165, 1.54) is 24.5 Å². The van der Waals surface area contributed by atoms with Gasteiger partial charge in [0.2, 0.25) is 0 Å². The van der Waals surface area contributed by atoms with E-state index in [1.807, 2.05) is 31.2 Å². The van der Waals surface area contributed by atoms with Crippen molar-refractivity contribution in [2.75, 3.05) is 26.9 Å². The number of nitrogens with zero attached hydrogens (tertiary/aromatic N) is 1. The van der Waals surface area contributed by atoms with Crippen LogP contribution in [0.3, 0.4) is 0 Å². The molecule has 7 heteroatoms. The molecule has 1 N–H and O–H groups in total. The number of carbonyl (C=O) groups is 1. The quantitative estimate of drug-likeness (QED) is 0.367. The molecule has 0 bridgehead atoms. The zero-order chi connectivity index (χ0) is 21.1. The largest absolute Gasteiger partial charge is 0.493 e. The van der Waals surface area contributed by atoms with Crippen LogP contribution in [-0.2, 0) is 4.74 Å². The Morgan fingerprint density at radius 1 is 1.00 bits per heavy atom. The Hall–Kier alpha value is -3.22. The van der Waals surface area contributed by atoms with E-state index in [-0.39, 0.29) is 0 Å². The summed E-state index contributed by atoms with van der Waals surface area (Å²) in [5, 5.41) is 3.81. The van der Waals surface area contributed by atoms with E-state index < -0.39 is 6.09 Å². The van der Waals surface area contributed by atoms with Crippen LogP contribution in [0.4, 0.5) is 4.79 Å². The summed E-state index contributed by atoms with van der Waals surface area (Å²) in [7, 11) is 1.27. The molecule has 1 amide bonds. The molecule has 7 nitrogen and oxygen atoms in total. The average Bonchev–Trinajstić information content (AvgIpc) is 2.68. The second-order valence-electron chi connectivity index (χ2n) is 6.37. The second-order valence-corrected chi connectivity index (χ2v) is 6.37. The molecule has 29 heavy (non-hydrogen) atoms. The maximum absolute atomic E-state index is 11.0. The van der Waals surface area contributed by atoms with Crippen molar-refractivity contribution in [2.24, 2.45) is 5.10 Å². The molecule has 0 fully saturated rings. The molecule has 0 saturated heterocycles. The average molecular weight is 400 g/mol. The van der Waals surface area contributed by atoms with Crippen molar-refractivity contribution in [1.29, 1.82) is 0 Å². The van der Waals surface area contributed by atoms with Crippen molar-refractivity contribution in [1.82, 2.24) is 5.43 Å². The summed E-state index contributed by atoms with van der Waals surface area (Å²) in [6.45, 7) is 7.59. The standard InChI is InChI=1S/C22H28N2O5/c1-5-27-21-14-18(15-23-24-22(25)26-4)7-8-20(21)29-10-6-9-28-19-12-16(2)11-17(3)13-19/h7-8,11-15H,5-6,9-10H2,1-4H3,(H,24,25). The fourth-order valence-corrected chi connectivity index (χ4v) is 2.64. The van der Waals surface area contributed by atoms with Crippen molar-refractivity contribution in [2.45, 2.75) is 27.2 Å². The first-order chi connectivity index (χ1) is 14.0. The molecule has 0 atom stereocenters. The van der Waals surface area contributed by atoms with Gasteiger partial charge in [-0.05, 0) is 67.8 Å². The maximum atomic E-state index is 11.0. The van der Waals surface area contributed by atoms with E-state index in [0.717, 1.165) is 17.7 Å². The van der Waals surface area contributed by atoms with E-state index in [1.54, 1.807) is 6.07 Å². The highest BCUT2D eigenvalue weighted by Gasteiger charge is 2.06. The Kier molecular flexibility index (Phi) is 8.82. The summed E-state index contributed by atoms with van der Waals surface area (Å²) in [6.07, 6.45) is 1.61. The number of carbonyl (C=O) groups excluding carboxylic acids is 1. The van der Waals surface area contributed by atoms with Gasteiger partial charge in [0.05, 0.1) is 33.1 Å². The number of amides is 1. The Balaban J connectivity index is 1.86. The van der Waals surface area contributed by atoms with Crippen LogP contribution in [0.2, 0.25) is 0 Å². The second kappa shape index (κ2) is 11.6. The van der Waals surface area contributed by atoms with Gasteiger partial charge in [-0.3, -0.25) is 0 Å².